The van der Waals surface area contributed by atoms with E-state index in [0.29, 0.717) is 29.3 Å². The molecule has 0 unspecified atom stereocenters. The second kappa shape index (κ2) is 14.1. The number of pyridine rings is 1. The topological polar surface area (TPSA) is 144 Å². The van der Waals surface area contributed by atoms with Crippen molar-refractivity contribution in [2.24, 2.45) is 0 Å². The van der Waals surface area contributed by atoms with Gasteiger partial charge in [0.05, 0.1) is 18.8 Å². The lowest BCUT2D eigenvalue weighted by atomic mass is 10.0. The maximum absolute atomic E-state index is 12.2. The van der Waals surface area contributed by atoms with Crippen molar-refractivity contribution in [2.45, 2.75) is 55.8 Å². The monoisotopic (exact) mass is 553 g/mol. The molecule has 4 N–H and O–H groups in total. The van der Waals surface area contributed by atoms with Gasteiger partial charge in [-0.25, -0.2) is 5.48 Å². The van der Waals surface area contributed by atoms with E-state index in [1.165, 1.54) is 18.0 Å². The van der Waals surface area contributed by atoms with E-state index in [1.807, 2.05) is 42.5 Å². The Kier molecular flexibility index (Phi) is 10.3. The summed E-state index contributed by atoms with van der Waals surface area (Å²) in [5, 5.41) is 33.4. The third-order valence-electron chi connectivity index (χ3n) is 6.22. The Labute approximate surface area is 230 Å². The zero-order valence-electron chi connectivity index (χ0n) is 21.2. The van der Waals surface area contributed by atoms with E-state index >= 15 is 0 Å². The number of aromatic nitrogens is 1. The molecule has 3 aromatic rings. The van der Waals surface area contributed by atoms with E-state index in [0.717, 1.165) is 21.4 Å². The number of carbonyl (C=O) groups is 2. The van der Waals surface area contributed by atoms with Crippen LogP contribution in [0.2, 0.25) is 0 Å². The highest BCUT2D eigenvalue weighted by Crippen LogP contribution is 2.39. The number of hydrogen-bond donors (Lipinski definition) is 4. The molecular weight excluding hydrogens is 522 g/mol. The average molecular weight is 554 g/mol. The number of nitrogens with zero attached hydrogens (tertiary/aromatic N) is 1. The van der Waals surface area contributed by atoms with Gasteiger partial charge in [0.2, 0.25) is 11.8 Å². The summed E-state index contributed by atoms with van der Waals surface area (Å²) in [6.07, 6.45) is 1.45. The summed E-state index contributed by atoms with van der Waals surface area (Å²) in [7, 11) is 0. The Morgan fingerprint density at radius 2 is 1.69 bits per heavy atom. The number of benzene rings is 2. The Bertz CT molecular complexity index is 1240. The molecule has 1 aliphatic rings. The summed E-state index contributed by atoms with van der Waals surface area (Å²) in [6, 6.07) is 20.1. The number of ether oxygens (including phenoxy) is 2. The molecule has 2 amide bonds. The number of rotatable bonds is 11. The van der Waals surface area contributed by atoms with Gasteiger partial charge in [0.1, 0.15) is 0 Å². The fourth-order valence-electron chi connectivity index (χ4n) is 4.14. The van der Waals surface area contributed by atoms with Gasteiger partial charge < -0.3 is 25.1 Å². The minimum atomic E-state index is -0.663. The van der Waals surface area contributed by atoms with Gasteiger partial charge in [-0.3, -0.25) is 14.8 Å². The van der Waals surface area contributed by atoms with Gasteiger partial charge in [0, 0.05) is 48.4 Å². The number of aliphatic hydroxyl groups is 1. The maximum Gasteiger partial charge on any atom is 0.251 e. The van der Waals surface area contributed by atoms with Crippen LogP contribution >= 0.6 is 11.8 Å². The number of amides is 2. The molecule has 1 aliphatic heterocycles. The fraction of sp³-hybridized carbons (Fsp3) is 0.321. The highest BCUT2D eigenvalue weighted by molar-refractivity contribution is 7.99. The molecule has 0 aliphatic carbocycles. The molecule has 10 nitrogen and oxygen atoms in total. The van der Waals surface area contributed by atoms with Crippen molar-refractivity contribution in [3.63, 3.8) is 0 Å². The van der Waals surface area contributed by atoms with E-state index in [1.54, 1.807) is 29.7 Å². The van der Waals surface area contributed by atoms with Crippen LogP contribution in [0.4, 0.5) is 5.69 Å². The quantitative estimate of drug-likeness (QED) is 0.0924. The van der Waals surface area contributed by atoms with Crippen LogP contribution in [0.5, 0.6) is 0 Å². The molecule has 0 spiro atoms. The van der Waals surface area contributed by atoms with Crippen molar-refractivity contribution in [3.05, 3.63) is 94.8 Å². The van der Waals surface area contributed by atoms with Gasteiger partial charge >= 0.3 is 0 Å². The zero-order valence-corrected chi connectivity index (χ0v) is 22.0. The minimum absolute atomic E-state index is 0.0377. The third kappa shape index (κ3) is 8.25. The number of anilines is 1. The second-order valence-corrected chi connectivity index (χ2v) is 10.1. The van der Waals surface area contributed by atoms with Gasteiger partial charge in [0.15, 0.2) is 12.5 Å². The van der Waals surface area contributed by atoms with Crippen molar-refractivity contribution >= 4 is 29.3 Å². The van der Waals surface area contributed by atoms with Gasteiger partial charge in [-0.05, 0) is 35.7 Å². The third-order valence-corrected chi connectivity index (χ3v) is 7.37. The number of hydrogen-bond acceptors (Lipinski definition) is 8. The summed E-state index contributed by atoms with van der Waals surface area (Å²) in [5.41, 5.74) is 4.70. The fourth-order valence-corrected chi connectivity index (χ4v) is 5.07. The lowest BCUT2D eigenvalue weighted by molar-refractivity contribution is -0.645. The van der Waals surface area contributed by atoms with Crippen LogP contribution < -0.4 is 15.5 Å². The summed E-state index contributed by atoms with van der Waals surface area (Å²) in [5.74, 6) is -0.214. The molecule has 1 fully saturated rings. The van der Waals surface area contributed by atoms with Crippen LogP contribution in [-0.4, -0.2) is 34.0 Å². The highest BCUT2D eigenvalue weighted by atomic mass is 32.2. The number of hydroxylamine groups is 1. The SMILES string of the molecule is O=C(CCCC(=O)Nc1ccc([C@@H]2O[C@H](CSc3cccc[n+]3[O-])C[C@H](c3ccc(CO)cc3)O2)cc1)NO. The van der Waals surface area contributed by atoms with Crippen LogP contribution in [0.1, 0.15) is 54.8 Å². The van der Waals surface area contributed by atoms with E-state index < -0.39 is 12.2 Å². The van der Waals surface area contributed by atoms with Crippen molar-refractivity contribution in [2.75, 3.05) is 11.1 Å². The number of aliphatic hydroxyl groups excluding tert-OH is 1. The first-order valence-corrected chi connectivity index (χ1v) is 13.6. The Balaban J connectivity index is 1.43. The van der Waals surface area contributed by atoms with E-state index in [2.05, 4.69) is 5.32 Å². The molecule has 1 aromatic heterocycles. The first-order valence-electron chi connectivity index (χ1n) is 12.6. The van der Waals surface area contributed by atoms with Crippen molar-refractivity contribution in [3.8, 4) is 0 Å². The number of nitrogens with one attached hydrogen (secondary N) is 2. The molecule has 3 atom stereocenters. The molecule has 0 radical (unpaired) electrons. The van der Waals surface area contributed by atoms with Crippen molar-refractivity contribution in [1.82, 2.24) is 5.48 Å². The molecule has 2 aromatic carbocycles. The van der Waals surface area contributed by atoms with Gasteiger partial charge in [-0.15, -0.1) is 0 Å². The van der Waals surface area contributed by atoms with Crippen molar-refractivity contribution < 1.29 is 34.1 Å². The van der Waals surface area contributed by atoms with E-state index in [-0.39, 0.29) is 37.6 Å². The minimum Gasteiger partial charge on any atom is -0.618 e. The number of thioether (sulfide) groups is 1. The summed E-state index contributed by atoms with van der Waals surface area (Å²) in [4.78, 5) is 23.3. The summed E-state index contributed by atoms with van der Waals surface area (Å²) < 4.78 is 13.5. The second-order valence-electron chi connectivity index (χ2n) is 9.08. The molecule has 1 saturated heterocycles. The summed E-state index contributed by atoms with van der Waals surface area (Å²) >= 11 is 1.42. The summed E-state index contributed by atoms with van der Waals surface area (Å²) in [6.45, 7) is -0.0377. The largest absolute Gasteiger partial charge is 0.618 e. The average Bonchev–Trinajstić information content (AvgIpc) is 2.97. The van der Waals surface area contributed by atoms with Crippen LogP contribution in [0.3, 0.4) is 0 Å². The van der Waals surface area contributed by atoms with Gasteiger partial charge in [0.25, 0.3) is 5.03 Å². The van der Waals surface area contributed by atoms with E-state index in [9.17, 15) is 19.9 Å². The normalized spacial score (nSPS) is 18.9. The molecule has 4 rings (SSSR count). The molecule has 11 heteroatoms. The molecule has 2 heterocycles. The maximum atomic E-state index is 12.2. The van der Waals surface area contributed by atoms with Crippen molar-refractivity contribution in [1.29, 1.82) is 0 Å². The molecule has 0 bridgehead atoms. The van der Waals surface area contributed by atoms with Crippen LogP contribution in [0, 0.1) is 5.21 Å². The standard InChI is InChI=1S/C28H31N3O7S/c32-17-19-7-9-20(10-8-19)24-16-23(18-39-27-6-1-2-15-31(27)36)37-28(38-24)21-11-13-22(14-12-21)29-25(33)4-3-5-26(34)30-35/h1-2,6-15,23-24,28,32,35H,3-5,16-18H2,(H,29,33)(H,30,34)/t23-,24+,28+/m0/s1. The van der Waals surface area contributed by atoms with Crippen LogP contribution in [0.15, 0.2) is 78.0 Å². The highest BCUT2D eigenvalue weighted by Gasteiger charge is 2.32. The predicted octanol–water partition coefficient (Wildman–Crippen LogP) is 3.76. The number of carbonyl (C=O) groups excluding carboxylic acids is 2. The molecule has 39 heavy (non-hydrogen) atoms. The Morgan fingerprint density at radius 1 is 0.974 bits per heavy atom. The zero-order chi connectivity index (χ0) is 27.6. The first-order chi connectivity index (χ1) is 18.9. The smallest absolute Gasteiger partial charge is 0.251 e. The predicted molar refractivity (Wildman–Crippen MR) is 143 cm³/mol. The van der Waals surface area contributed by atoms with Gasteiger partial charge in [-0.1, -0.05) is 48.2 Å². The molecule has 206 valence electrons. The van der Waals surface area contributed by atoms with Crippen LogP contribution in [-0.2, 0) is 25.7 Å². The van der Waals surface area contributed by atoms with Gasteiger partial charge in [-0.2, -0.15) is 4.73 Å². The van der Waals surface area contributed by atoms with E-state index in [4.69, 9.17) is 14.7 Å². The lowest BCUT2D eigenvalue weighted by Gasteiger charge is -2.36. The molecule has 0 saturated carbocycles. The first kappa shape index (κ1) is 28.5. The Morgan fingerprint density at radius 3 is 2.38 bits per heavy atom. The lowest BCUT2D eigenvalue weighted by Crippen LogP contribution is -2.32. The Hall–Kier alpha value is -3.48. The van der Waals surface area contributed by atoms with Crippen LogP contribution in [0.25, 0.3) is 0 Å². The molecular formula is C28H31N3O7S.